The number of rotatable bonds is 3. The molecule has 1 aromatic rings. The minimum Gasteiger partial charge on any atom is -0.382 e. The van der Waals surface area contributed by atoms with Gasteiger partial charge in [-0.2, -0.15) is 0 Å². The zero-order chi connectivity index (χ0) is 14.0. The Bertz CT molecular complexity index is 446. The van der Waals surface area contributed by atoms with Crippen LogP contribution in [-0.4, -0.2) is 35.6 Å². The molecule has 0 amide bonds. The van der Waals surface area contributed by atoms with E-state index in [4.69, 9.17) is 0 Å². The SMILES string of the molecule is CC1CCC(O)(C(=O)c2ccc(N(C)C)nc2)CC1. The predicted molar refractivity (Wildman–Crippen MR) is 75.5 cm³/mol. The molecular weight excluding hydrogens is 240 g/mol. The molecule has 1 saturated carbocycles. The van der Waals surface area contributed by atoms with Crippen LogP contribution in [0.2, 0.25) is 0 Å². The molecule has 0 unspecified atom stereocenters. The van der Waals surface area contributed by atoms with E-state index >= 15 is 0 Å². The number of carbonyl (C=O) groups excluding carboxylic acids is 1. The van der Waals surface area contributed by atoms with Crippen LogP contribution in [-0.2, 0) is 0 Å². The molecule has 1 heterocycles. The van der Waals surface area contributed by atoms with E-state index in [0.29, 0.717) is 24.3 Å². The van der Waals surface area contributed by atoms with Gasteiger partial charge in [0.05, 0.1) is 0 Å². The highest BCUT2D eigenvalue weighted by atomic mass is 16.3. The molecule has 4 nitrogen and oxygen atoms in total. The standard InChI is InChI=1S/C15H22N2O2/c1-11-6-8-15(19,9-7-11)14(18)12-4-5-13(16-10-12)17(2)3/h4-5,10-11,19H,6-9H2,1-3H3. The maximum absolute atomic E-state index is 12.4. The number of nitrogens with zero attached hydrogens (tertiary/aromatic N) is 2. The molecule has 0 atom stereocenters. The second-order valence-electron chi connectivity index (χ2n) is 5.84. The normalized spacial score (nSPS) is 27.1. The first kappa shape index (κ1) is 14.0. The highest BCUT2D eigenvalue weighted by Gasteiger charge is 2.39. The average molecular weight is 262 g/mol. The van der Waals surface area contributed by atoms with Crippen LogP contribution in [0.25, 0.3) is 0 Å². The van der Waals surface area contributed by atoms with E-state index in [0.717, 1.165) is 18.7 Å². The van der Waals surface area contributed by atoms with Crippen LogP contribution in [0.1, 0.15) is 43.0 Å². The molecule has 4 heteroatoms. The van der Waals surface area contributed by atoms with Crippen LogP contribution in [0.5, 0.6) is 0 Å². The largest absolute Gasteiger partial charge is 0.382 e. The number of pyridine rings is 1. The van der Waals surface area contributed by atoms with Gasteiger partial charge in [-0.1, -0.05) is 6.92 Å². The van der Waals surface area contributed by atoms with Gasteiger partial charge in [-0.05, 0) is 43.7 Å². The van der Waals surface area contributed by atoms with E-state index < -0.39 is 5.60 Å². The fourth-order valence-corrected chi connectivity index (χ4v) is 2.52. The summed E-state index contributed by atoms with van der Waals surface area (Å²) >= 11 is 0. The highest BCUT2D eigenvalue weighted by molar-refractivity contribution is 6.02. The van der Waals surface area contributed by atoms with Crippen LogP contribution < -0.4 is 4.90 Å². The maximum Gasteiger partial charge on any atom is 0.195 e. The van der Waals surface area contributed by atoms with Crippen molar-refractivity contribution >= 4 is 11.6 Å². The molecule has 0 bridgehead atoms. The van der Waals surface area contributed by atoms with Crippen molar-refractivity contribution in [2.75, 3.05) is 19.0 Å². The Morgan fingerprint density at radius 2 is 2.00 bits per heavy atom. The third-order valence-corrected chi connectivity index (χ3v) is 3.99. The van der Waals surface area contributed by atoms with E-state index in [2.05, 4.69) is 11.9 Å². The smallest absolute Gasteiger partial charge is 0.195 e. The molecule has 0 aromatic carbocycles. The molecule has 0 saturated heterocycles. The summed E-state index contributed by atoms with van der Waals surface area (Å²) < 4.78 is 0. The van der Waals surface area contributed by atoms with Gasteiger partial charge in [0.15, 0.2) is 5.78 Å². The molecule has 1 aliphatic carbocycles. The third-order valence-electron chi connectivity index (χ3n) is 3.99. The molecule has 1 aromatic heterocycles. The minimum atomic E-state index is -1.19. The summed E-state index contributed by atoms with van der Waals surface area (Å²) in [5.41, 5.74) is -0.684. The Hall–Kier alpha value is -1.42. The highest BCUT2D eigenvalue weighted by Crippen LogP contribution is 2.34. The number of aromatic nitrogens is 1. The Kier molecular flexibility index (Phi) is 3.90. The number of hydrogen-bond donors (Lipinski definition) is 1. The van der Waals surface area contributed by atoms with Crippen molar-refractivity contribution in [3.05, 3.63) is 23.9 Å². The second kappa shape index (κ2) is 5.29. The number of anilines is 1. The zero-order valence-electron chi connectivity index (χ0n) is 11.9. The maximum atomic E-state index is 12.4. The van der Waals surface area contributed by atoms with Crippen LogP contribution in [0.3, 0.4) is 0 Å². The Labute approximate surface area is 114 Å². The molecule has 104 valence electrons. The van der Waals surface area contributed by atoms with Crippen LogP contribution in [0.15, 0.2) is 18.3 Å². The Morgan fingerprint density at radius 1 is 1.37 bits per heavy atom. The van der Waals surface area contributed by atoms with Gasteiger partial charge < -0.3 is 10.0 Å². The topological polar surface area (TPSA) is 53.4 Å². The van der Waals surface area contributed by atoms with Crippen molar-refractivity contribution in [2.24, 2.45) is 5.92 Å². The van der Waals surface area contributed by atoms with Gasteiger partial charge in [-0.25, -0.2) is 4.98 Å². The lowest BCUT2D eigenvalue weighted by Crippen LogP contribution is -2.42. The predicted octanol–water partition coefficient (Wildman–Crippen LogP) is 2.27. The summed E-state index contributed by atoms with van der Waals surface area (Å²) in [5, 5.41) is 10.5. The summed E-state index contributed by atoms with van der Waals surface area (Å²) in [6.45, 7) is 2.16. The average Bonchev–Trinajstić information content (AvgIpc) is 2.41. The number of Topliss-reactive ketones (excluding diaryl/α,β-unsaturated/α-hetero) is 1. The molecular formula is C15H22N2O2. The summed E-state index contributed by atoms with van der Waals surface area (Å²) in [6.07, 6.45) is 4.50. The van der Waals surface area contributed by atoms with Gasteiger partial charge in [0.25, 0.3) is 0 Å². The summed E-state index contributed by atoms with van der Waals surface area (Å²) in [7, 11) is 3.81. The fraction of sp³-hybridized carbons (Fsp3) is 0.600. The van der Waals surface area contributed by atoms with Crippen LogP contribution in [0, 0.1) is 5.92 Å². The molecule has 0 aliphatic heterocycles. The molecule has 0 radical (unpaired) electrons. The summed E-state index contributed by atoms with van der Waals surface area (Å²) in [6, 6.07) is 3.56. The summed E-state index contributed by atoms with van der Waals surface area (Å²) in [4.78, 5) is 18.5. The van der Waals surface area contributed by atoms with Gasteiger partial charge in [0.2, 0.25) is 0 Å². The molecule has 0 spiro atoms. The lowest BCUT2D eigenvalue weighted by Gasteiger charge is -2.33. The number of carbonyl (C=O) groups is 1. The number of aliphatic hydroxyl groups is 1. The number of ketones is 1. The molecule has 1 aliphatic rings. The van der Waals surface area contributed by atoms with Crippen LogP contribution >= 0.6 is 0 Å². The minimum absolute atomic E-state index is 0.183. The molecule has 1 fully saturated rings. The van der Waals surface area contributed by atoms with Crippen molar-refractivity contribution in [3.8, 4) is 0 Å². The first-order valence-corrected chi connectivity index (χ1v) is 6.83. The van der Waals surface area contributed by atoms with Crippen molar-refractivity contribution in [1.29, 1.82) is 0 Å². The second-order valence-corrected chi connectivity index (χ2v) is 5.84. The van der Waals surface area contributed by atoms with Crippen molar-refractivity contribution in [3.63, 3.8) is 0 Å². The van der Waals surface area contributed by atoms with Gasteiger partial charge in [-0.15, -0.1) is 0 Å². The van der Waals surface area contributed by atoms with Crippen molar-refractivity contribution in [2.45, 2.75) is 38.2 Å². The zero-order valence-corrected chi connectivity index (χ0v) is 11.9. The fourth-order valence-electron chi connectivity index (χ4n) is 2.52. The Balaban J connectivity index is 2.15. The molecule has 19 heavy (non-hydrogen) atoms. The van der Waals surface area contributed by atoms with E-state index in [1.165, 1.54) is 0 Å². The van der Waals surface area contributed by atoms with Crippen molar-refractivity contribution in [1.82, 2.24) is 4.98 Å². The quantitative estimate of drug-likeness (QED) is 0.849. The third kappa shape index (κ3) is 2.95. The number of hydrogen-bond acceptors (Lipinski definition) is 4. The van der Waals surface area contributed by atoms with E-state index in [1.807, 2.05) is 25.1 Å². The lowest BCUT2D eigenvalue weighted by molar-refractivity contribution is 0.00423. The summed E-state index contributed by atoms with van der Waals surface area (Å²) in [5.74, 6) is 1.22. The van der Waals surface area contributed by atoms with Gasteiger partial charge in [0.1, 0.15) is 11.4 Å². The van der Waals surface area contributed by atoms with E-state index in [1.54, 1.807) is 12.3 Å². The Morgan fingerprint density at radius 3 is 2.47 bits per heavy atom. The van der Waals surface area contributed by atoms with E-state index in [-0.39, 0.29) is 5.78 Å². The van der Waals surface area contributed by atoms with Gasteiger partial charge in [0, 0.05) is 25.9 Å². The monoisotopic (exact) mass is 262 g/mol. The lowest BCUT2D eigenvalue weighted by atomic mass is 9.76. The van der Waals surface area contributed by atoms with Crippen LogP contribution in [0.4, 0.5) is 5.82 Å². The molecule has 1 N–H and O–H groups in total. The van der Waals surface area contributed by atoms with Gasteiger partial charge >= 0.3 is 0 Å². The molecule has 2 rings (SSSR count). The van der Waals surface area contributed by atoms with Crippen molar-refractivity contribution < 1.29 is 9.90 Å². The van der Waals surface area contributed by atoms with Gasteiger partial charge in [-0.3, -0.25) is 4.79 Å². The first-order chi connectivity index (χ1) is 8.92. The van der Waals surface area contributed by atoms with E-state index in [9.17, 15) is 9.90 Å². The first-order valence-electron chi connectivity index (χ1n) is 6.83.